The summed E-state index contributed by atoms with van der Waals surface area (Å²) in [5.74, 6) is 0.932. The van der Waals surface area contributed by atoms with Crippen LogP contribution in [0, 0.1) is 0 Å². The summed E-state index contributed by atoms with van der Waals surface area (Å²) in [4.78, 5) is 0. The second-order valence-corrected chi connectivity index (χ2v) is 4.22. The number of alkyl halides is 1. The number of ether oxygens (including phenoxy) is 2. The van der Waals surface area contributed by atoms with Gasteiger partial charge in [0, 0.05) is 17.3 Å². The minimum absolute atomic E-state index is 0.0565. The highest BCUT2D eigenvalue weighted by molar-refractivity contribution is 9.08. The number of hydrogen-bond acceptors (Lipinski definition) is 2. The monoisotopic (exact) mass is 270 g/mol. The molecule has 2 nitrogen and oxygen atoms in total. The van der Waals surface area contributed by atoms with Gasteiger partial charge in [0.1, 0.15) is 5.75 Å². The SMILES string of the molecule is BrCc1ccccc1OC1CCCCO1. The van der Waals surface area contributed by atoms with Gasteiger partial charge in [-0.1, -0.05) is 34.1 Å². The summed E-state index contributed by atoms with van der Waals surface area (Å²) >= 11 is 3.45. The van der Waals surface area contributed by atoms with Crippen LogP contribution in [-0.4, -0.2) is 12.9 Å². The van der Waals surface area contributed by atoms with Crippen molar-refractivity contribution < 1.29 is 9.47 Å². The second-order valence-electron chi connectivity index (χ2n) is 3.66. The van der Waals surface area contributed by atoms with Gasteiger partial charge in [-0.3, -0.25) is 0 Å². The third kappa shape index (κ3) is 2.95. The van der Waals surface area contributed by atoms with Gasteiger partial charge in [-0.15, -0.1) is 0 Å². The van der Waals surface area contributed by atoms with Crippen LogP contribution in [0.2, 0.25) is 0 Å². The summed E-state index contributed by atoms with van der Waals surface area (Å²) in [7, 11) is 0. The number of hydrogen-bond donors (Lipinski definition) is 0. The summed E-state index contributed by atoms with van der Waals surface area (Å²) in [5, 5.41) is 0.815. The molecule has 1 aliphatic rings. The van der Waals surface area contributed by atoms with Gasteiger partial charge in [-0.25, -0.2) is 0 Å². The molecular weight excluding hydrogens is 256 g/mol. The van der Waals surface area contributed by atoms with Crippen molar-refractivity contribution in [2.24, 2.45) is 0 Å². The maximum atomic E-state index is 5.83. The Balaban J connectivity index is 2.02. The van der Waals surface area contributed by atoms with Gasteiger partial charge in [0.25, 0.3) is 0 Å². The molecule has 0 aromatic heterocycles. The van der Waals surface area contributed by atoms with E-state index in [9.17, 15) is 0 Å². The molecular formula is C12H15BrO2. The quantitative estimate of drug-likeness (QED) is 0.783. The summed E-state index contributed by atoms with van der Waals surface area (Å²) in [6, 6.07) is 8.07. The smallest absolute Gasteiger partial charge is 0.199 e. The Morgan fingerprint density at radius 1 is 1.33 bits per heavy atom. The highest BCUT2D eigenvalue weighted by atomic mass is 79.9. The summed E-state index contributed by atoms with van der Waals surface area (Å²) < 4.78 is 11.4. The van der Waals surface area contributed by atoms with E-state index in [1.54, 1.807) is 0 Å². The predicted octanol–water partition coefficient (Wildman–Crippen LogP) is 3.49. The average Bonchev–Trinajstić information content (AvgIpc) is 2.31. The zero-order valence-corrected chi connectivity index (χ0v) is 10.2. The lowest BCUT2D eigenvalue weighted by atomic mass is 10.2. The van der Waals surface area contributed by atoms with Crippen molar-refractivity contribution in [2.45, 2.75) is 30.9 Å². The number of rotatable bonds is 3. The Kier molecular flexibility index (Phi) is 4.03. The molecule has 0 radical (unpaired) electrons. The van der Waals surface area contributed by atoms with Crippen LogP contribution in [0.1, 0.15) is 24.8 Å². The molecule has 1 unspecified atom stereocenters. The van der Waals surface area contributed by atoms with E-state index in [1.807, 2.05) is 18.2 Å². The predicted molar refractivity (Wildman–Crippen MR) is 63.3 cm³/mol. The van der Waals surface area contributed by atoms with E-state index in [4.69, 9.17) is 9.47 Å². The van der Waals surface area contributed by atoms with Gasteiger partial charge in [-0.05, 0) is 18.9 Å². The van der Waals surface area contributed by atoms with Crippen LogP contribution in [0.15, 0.2) is 24.3 Å². The minimum Gasteiger partial charge on any atom is -0.465 e. The van der Waals surface area contributed by atoms with Crippen molar-refractivity contribution in [3.63, 3.8) is 0 Å². The van der Waals surface area contributed by atoms with E-state index < -0.39 is 0 Å². The Hall–Kier alpha value is -0.540. The maximum absolute atomic E-state index is 5.83. The first-order valence-corrected chi connectivity index (χ1v) is 6.44. The molecule has 0 saturated carbocycles. The van der Waals surface area contributed by atoms with Crippen LogP contribution in [0.3, 0.4) is 0 Å². The largest absolute Gasteiger partial charge is 0.465 e. The van der Waals surface area contributed by atoms with Gasteiger partial charge in [0.05, 0.1) is 6.61 Å². The molecule has 2 rings (SSSR count). The van der Waals surface area contributed by atoms with Crippen LogP contribution in [0.4, 0.5) is 0 Å². The van der Waals surface area contributed by atoms with Crippen molar-refractivity contribution in [1.82, 2.24) is 0 Å². The zero-order valence-electron chi connectivity index (χ0n) is 8.62. The summed E-state index contributed by atoms with van der Waals surface area (Å²) in [6.45, 7) is 0.821. The standard InChI is InChI=1S/C12H15BrO2/c13-9-10-5-1-2-6-11(10)15-12-7-3-4-8-14-12/h1-2,5-6,12H,3-4,7-9H2. The second kappa shape index (κ2) is 5.52. The molecule has 0 amide bonds. The van der Waals surface area contributed by atoms with Gasteiger partial charge in [0.2, 0.25) is 0 Å². The zero-order chi connectivity index (χ0) is 10.5. The normalized spacial score (nSPS) is 21.3. The lowest BCUT2D eigenvalue weighted by molar-refractivity contribution is -0.106. The molecule has 1 heterocycles. The molecule has 82 valence electrons. The van der Waals surface area contributed by atoms with Crippen LogP contribution in [-0.2, 0) is 10.1 Å². The molecule has 0 N–H and O–H groups in total. The first kappa shape index (κ1) is 11.0. The van der Waals surface area contributed by atoms with E-state index in [0.29, 0.717) is 0 Å². The lowest BCUT2D eigenvalue weighted by Crippen LogP contribution is -2.25. The topological polar surface area (TPSA) is 18.5 Å². The van der Waals surface area contributed by atoms with Gasteiger partial charge >= 0.3 is 0 Å². The number of benzene rings is 1. The van der Waals surface area contributed by atoms with Gasteiger partial charge in [-0.2, -0.15) is 0 Å². The van der Waals surface area contributed by atoms with Gasteiger partial charge < -0.3 is 9.47 Å². The Bertz CT molecular complexity index is 308. The molecule has 15 heavy (non-hydrogen) atoms. The van der Waals surface area contributed by atoms with Crippen molar-refractivity contribution in [3.8, 4) is 5.75 Å². The summed E-state index contributed by atoms with van der Waals surface area (Å²) in [5.41, 5.74) is 1.17. The minimum atomic E-state index is -0.0565. The molecule has 1 aliphatic heterocycles. The third-order valence-corrected chi connectivity index (χ3v) is 3.12. The molecule has 1 aromatic carbocycles. The molecule has 3 heteroatoms. The Morgan fingerprint density at radius 2 is 2.20 bits per heavy atom. The van der Waals surface area contributed by atoms with Crippen molar-refractivity contribution >= 4 is 15.9 Å². The number of para-hydroxylation sites is 1. The van der Waals surface area contributed by atoms with Crippen LogP contribution in [0.5, 0.6) is 5.75 Å². The fourth-order valence-electron chi connectivity index (χ4n) is 1.67. The molecule has 0 spiro atoms. The van der Waals surface area contributed by atoms with Crippen LogP contribution < -0.4 is 4.74 Å². The fraction of sp³-hybridized carbons (Fsp3) is 0.500. The Morgan fingerprint density at radius 3 is 2.93 bits per heavy atom. The molecule has 1 atom stereocenters. The van der Waals surface area contributed by atoms with Crippen LogP contribution in [0.25, 0.3) is 0 Å². The van der Waals surface area contributed by atoms with Crippen LogP contribution >= 0.6 is 15.9 Å². The molecule has 1 aromatic rings. The first-order valence-electron chi connectivity index (χ1n) is 5.32. The average molecular weight is 271 g/mol. The highest BCUT2D eigenvalue weighted by Crippen LogP contribution is 2.24. The van der Waals surface area contributed by atoms with Crippen molar-refractivity contribution in [1.29, 1.82) is 0 Å². The van der Waals surface area contributed by atoms with E-state index >= 15 is 0 Å². The van der Waals surface area contributed by atoms with Crippen molar-refractivity contribution in [2.75, 3.05) is 6.61 Å². The van der Waals surface area contributed by atoms with E-state index in [0.717, 1.165) is 30.5 Å². The Labute approximate surface area is 98.7 Å². The number of halogens is 1. The van der Waals surface area contributed by atoms with Gasteiger partial charge in [0.15, 0.2) is 6.29 Å². The molecule has 0 bridgehead atoms. The molecule has 0 aliphatic carbocycles. The molecule has 1 saturated heterocycles. The lowest BCUT2D eigenvalue weighted by Gasteiger charge is -2.24. The third-order valence-electron chi connectivity index (χ3n) is 2.51. The summed E-state index contributed by atoms with van der Waals surface area (Å²) in [6.07, 6.45) is 3.29. The van der Waals surface area contributed by atoms with Crippen molar-refractivity contribution in [3.05, 3.63) is 29.8 Å². The maximum Gasteiger partial charge on any atom is 0.199 e. The highest BCUT2D eigenvalue weighted by Gasteiger charge is 2.16. The molecule has 1 fully saturated rings. The first-order chi connectivity index (χ1) is 7.40. The van der Waals surface area contributed by atoms with E-state index in [-0.39, 0.29) is 6.29 Å². The van der Waals surface area contributed by atoms with E-state index in [1.165, 1.54) is 12.0 Å². The fourth-order valence-corrected chi connectivity index (χ4v) is 2.14. The van der Waals surface area contributed by atoms with E-state index in [2.05, 4.69) is 22.0 Å².